The minimum Gasteiger partial charge on any atom is -0.497 e. The van der Waals surface area contributed by atoms with Gasteiger partial charge in [0.25, 0.3) is 0 Å². The Labute approximate surface area is 148 Å². The van der Waals surface area contributed by atoms with Crippen molar-refractivity contribution in [2.45, 2.75) is 13.8 Å². The number of allylic oxidation sites excluding steroid dienone is 1. The maximum Gasteiger partial charge on any atom is 0.315 e. The average molecular weight is 337 g/mol. The van der Waals surface area contributed by atoms with Crippen LogP contribution >= 0.6 is 0 Å². The Balaban J connectivity index is 2.40. The summed E-state index contributed by atoms with van der Waals surface area (Å²) in [6, 6.07) is 17.3. The van der Waals surface area contributed by atoms with Gasteiger partial charge in [-0.05, 0) is 44.2 Å². The van der Waals surface area contributed by atoms with E-state index in [0.29, 0.717) is 0 Å². The van der Waals surface area contributed by atoms with Crippen LogP contribution in [0.1, 0.15) is 19.4 Å². The molecule has 0 saturated heterocycles. The van der Waals surface area contributed by atoms with Gasteiger partial charge in [0.2, 0.25) is 0 Å². The van der Waals surface area contributed by atoms with E-state index in [-0.39, 0.29) is 5.97 Å². The van der Waals surface area contributed by atoms with E-state index in [1.165, 1.54) is 7.11 Å². The highest BCUT2D eigenvalue weighted by Gasteiger charge is 2.25. The van der Waals surface area contributed by atoms with Gasteiger partial charge >= 0.3 is 5.97 Å². The number of rotatable bonds is 6. The van der Waals surface area contributed by atoms with Crippen LogP contribution in [-0.2, 0) is 9.53 Å². The van der Waals surface area contributed by atoms with Crippen molar-refractivity contribution in [1.29, 1.82) is 0 Å². The maximum absolute atomic E-state index is 11.9. The molecule has 130 valence electrons. The smallest absolute Gasteiger partial charge is 0.315 e. The Morgan fingerprint density at radius 2 is 1.64 bits per heavy atom. The van der Waals surface area contributed by atoms with Crippen molar-refractivity contribution in [2.24, 2.45) is 10.4 Å². The predicted octanol–water partition coefficient (Wildman–Crippen LogP) is 4.57. The SMILES string of the molecule is COC(=O)C(C)(C)/C=C/C(=Nc1ccc(OC)cc1)c1ccccc1. The summed E-state index contributed by atoms with van der Waals surface area (Å²) in [5.41, 5.74) is 1.81. The van der Waals surface area contributed by atoms with Crippen LogP contribution in [0.5, 0.6) is 5.75 Å². The van der Waals surface area contributed by atoms with E-state index in [1.54, 1.807) is 7.11 Å². The van der Waals surface area contributed by atoms with Crippen molar-refractivity contribution >= 4 is 17.4 Å². The largest absolute Gasteiger partial charge is 0.497 e. The van der Waals surface area contributed by atoms with Crippen LogP contribution in [0.3, 0.4) is 0 Å². The third-order valence-corrected chi connectivity index (χ3v) is 3.76. The van der Waals surface area contributed by atoms with Crippen molar-refractivity contribution in [2.75, 3.05) is 14.2 Å². The number of hydrogen-bond donors (Lipinski definition) is 0. The summed E-state index contributed by atoms with van der Waals surface area (Å²) in [6.45, 7) is 3.62. The molecule has 0 aliphatic rings. The maximum atomic E-state index is 11.9. The summed E-state index contributed by atoms with van der Waals surface area (Å²) >= 11 is 0. The van der Waals surface area contributed by atoms with Gasteiger partial charge in [-0.3, -0.25) is 4.79 Å². The fraction of sp³-hybridized carbons (Fsp3) is 0.238. The molecule has 0 unspecified atom stereocenters. The van der Waals surface area contributed by atoms with Gasteiger partial charge in [0.05, 0.1) is 31.0 Å². The lowest BCUT2D eigenvalue weighted by molar-refractivity contribution is -0.148. The highest BCUT2D eigenvalue weighted by Crippen LogP contribution is 2.22. The summed E-state index contributed by atoms with van der Waals surface area (Å²) < 4.78 is 10.0. The zero-order valence-corrected chi connectivity index (χ0v) is 15.0. The van der Waals surface area contributed by atoms with Crippen molar-refractivity contribution in [1.82, 2.24) is 0 Å². The number of esters is 1. The second-order valence-electron chi connectivity index (χ2n) is 6.11. The Kier molecular flexibility index (Phi) is 6.12. The summed E-state index contributed by atoms with van der Waals surface area (Å²) in [5.74, 6) is 0.489. The van der Waals surface area contributed by atoms with Crippen molar-refractivity contribution in [3.05, 3.63) is 72.3 Å². The molecular formula is C21H23NO3. The number of carbonyl (C=O) groups excluding carboxylic acids is 1. The van der Waals surface area contributed by atoms with Crippen molar-refractivity contribution in [3.8, 4) is 5.75 Å². The lowest BCUT2D eigenvalue weighted by atomic mass is 9.92. The van der Waals surface area contributed by atoms with Crippen molar-refractivity contribution in [3.63, 3.8) is 0 Å². The number of nitrogens with zero attached hydrogens (tertiary/aromatic N) is 1. The zero-order chi connectivity index (χ0) is 18.3. The summed E-state index contributed by atoms with van der Waals surface area (Å²) in [5, 5.41) is 0. The molecule has 0 N–H and O–H groups in total. The molecular weight excluding hydrogens is 314 g/mol. The Morgan fingerprint density at radius 3 is 2.20 bits per heavy atom. The number of benzene rings is 2. The first-order valence-corrected chi connectivity index (χ1v) is 8.02. The van der Waals surface area contributed by atoms with E-state index in [2.05, 4.69) is 0 Å². The molecule has 0 aromatic heterocycles. The van der Waals surface area contributed by atoms with Gasteiger partial charge in [0.15, 0.2) is 0 Å². The van der Waals surface area contributed by atoms with Crippen LogP contribution in [-0.4, -0.2) is 25.9 Å². The zero-order valence-electron chi connectivity index (χ0n) is 15.0. The fourth-order valence-corrected chi connectivity index (χ4v) is 2.22. The molecule has 0 aliphatic heterocycles. The molecule has 0 heterocycles. The molecule has 0 amide bonds. The van der Waals surface area contributed by atoms with Gasteiger partial charge in [0.1, 0.15) is 5.75 Å². The van der Waals surface area contributed by atoms with E-state index >= 15 is 0 Å². The van der Waals surface area contributed by atoms with E-state index in [4.69, 9.17) is 14.5 Å². The quantitative estimate of drug-likeness (QED) is 0.573. The lowest BCUT2D eigenvalue weighted by Gasteiger charge is -2.16. The number of methoxy groups -OCH3 is 2. The molecule has 0 radical (unpaired) electrons. The first-order valence-electron chi connectivity index (χ1n) is 8.02. The van der Waals surface area contributed by atoms with Crippen LogP contribution in [0.25, 0.3) is 0 Å². The second kappa shape index (κ2) is 8.29. The standard InChI is InChI=1S/C21H23NO3/c1-21(2,20(23)25-4)15-14-19(16-8-6-5-7-9-16)22-17-10-12-18(24-3)13-11-17/h5-15H,1-4H3/b15-14+,22-19?. The fourth-order valence-electron chi connectivity index (χ4n) is 2.22. The molecule has 4 nitrogen and oxygen atoms in total. The first kappa shape index (κ1) is 18.5. The number of ether oxygens (including phenoxy) is 2. The van der Waals surface area contributed by atoms with Crippen LogP contribution in [0.2, 0.25) is 0 Å². The highest BCUT2D eigenvalue weighted by atomic mass is 16.5. The molecule has 2 rings (SSSR count). The third kappa shape index (κ3) is 5.05. The average Bonchev–Trinajstić information content (AvgIpc) is 2.65. The molecule has 0 fully saturated rings. The topological polar surface area (TPSA) is 47.9 Å². The molecule has 0 saturated carbocycles. The molecule has 2 aromatic rings. The number of carbonyl (C=O) groups is 1. The highest BCUT2D eigenvalue weighted by molar-refractivity contribution is 6.10. The second-order valence-corrected chi connectivity index (χ2v) is 6.11. The molecule has 0 atom stereocenters. The Morgan fingerprint density at radius 1 is 1.00 bits per heavy atom. The molecule has 2 aromatic carbocycles. The van der Waals surface area contributed by atoms with Crippen LogP contribution in [0, 0.1) is 5.41 Å². The van der Waals surface area contributed by atoms with Crippen LogP contribution in [0.4, 0.5) is 5.69 Å². The lowest BCUT2D eigenvalue weighted by Crippen LogP contribution is -2.23. The molecule has 0 bridgehead atoms. The van der Waals surface area contributed by atoms with E-state index in [1.807, 2.05) is 80.6 Å². The molecule has 25 heavy (non-hydrogen) atoms. The summed E-state index contributed by atoms with van der Waals surface area (Å²) in [6.07, 6.45) is 3.67. The monoisotopic (exact) mass is 337 g/mol. The van der Waals surface area contributed by atoms with Crippen molar-refractivity contribution < 1.29 is 14.3 Å². The Hall–Kier alpha value is -2.88. The minimum absolute atomic E-state index is 0.291. The van der Waals surface area contributed by atoms with Gasteiger partial charge < -0.3 is 9.47 Å². The molecule has 0 aliphatic carbocycles. The number of hydrogen-bond acceptors (Lipinski definition) is 4. The number of aliphatic imine (C=N–C) groups is 1. The summed E-state index contributed by atoms with van der Waals surface area (Å²) in [7, 11) is 3.02. The summed E-state index contributed by atoms with van der Waals surface area (Å²) in [4.78, 5) is 16.6. The van der Waals surface area contributed by atoms with Gasteiger partial charge in [-0.2, -0.15) is 0 Å². The molecule has 0 spiro atoms. The Bertz CT molecular complexity index is 759. The van der Waals surface area contributed by atoms with E-state index in [0.717, 1.165) is 22.7 Å². The first-order chi connectivity index (χ1) is 12.0. The van der Waals surface area contributed by atoms with Crippen LogP contribution < -0.4 is 4.74 Å². The third-order valence-electron chi connectivity index (χ3n) is 3.76. The van der Waals surface area contributed by atoms with E-state index in [9.17, 15) is 4.79 Å². The van der Waals surface area contributed by atoms with Crippen LogP contribution in [0.15, 0.2) is 71.7 Å². The van der Waals surface area contributed by atoms with Gasteiger partial charge in [-0.15, -0.1) is 0 Å². The minimum atomic E-state index is -0.732. The molecule has 4 heteroatoms. The van der Waals surface area contributed by atoms with E-state index < -0.39 is 5.41 Å². The van der Waals surface area contributed by atoms with Gasteiger partial charge in [0, 0.05) is 5.56 Å². The van der Waals surface area contributed by atoms with Gasteiger partial charge in [-0.1, -0.05) is 36.4 Å². The normalized spacial score (nSPS) is 12.2. The van der Waals surface area contributed by atoms with Gasteiger partial charge in [-0.25, -0.2) is 4.99 Å². The predicted molar refractivity (Wildman–Crippen MR) is 101 cm³/mol.